The van der Waals surface area contributed by atoms with Crippen molar-refractivity contribution in [3.63, 3.8) is 0 Å². The predicted octanol–water partition coefficient (Wildman–Crippen LogP) is 2.83. The summed E-state index contributed by atoms with van der Waals surface area (Å²) in [6.07, 6.45) is 5.27. The number of nitrogens with one attached hydrogen (secondary N) is 3. The van der Waals surface area contributed by atoms with E-state index in [-0.39, 0.29) is 36.4 Å². The number of hydrogen-bond donors (Lipinski definition) is 3. The number of aliphatic imine (C=N–C) groups is 1. The molecule has 6 nitrogen and oxygen atoms in total. The maximum absolute atomic E-state index is 11.9. The van der Waals surface area contributed by atoms with E-state index in [1.54, 1.807) is 24.5 Å². The van der Waals surface area contributed by atoms with Crippen LogP contribution in [-0.4, -0.2) is 36.5 Å². The highest BCUT2D eigenvalue weighted by Gasteiger charge is 2.03. The summed E-state index contributed by atoms with van der Waals surface area (Å²) in [7, 11) is 0. The Morgan fingerprint density at radius 1 is 1.12 bits per heavy atom. The molecular weight excluding hydrogens is 441 g/mol. The highest BCUT2D eigenvalue weighted by Crippen LogP contribution is 2.02. The summed E-state index contributed by atoms with van der Waals surface area (Å²) >= 11 is 0. The lowest BCUT2D eigenvalue weighted by molar-refractivity contribution is -0.114. The highest BCUT2D eigenvalue weighted by molar-refractivity contribution is 14.0. The first kappa shape index (κ1) is 21.9. The molecule has 0 saturated heterocycles. The Hall–Kier alpha value is -2.16. The zero-order valence-electron chi connectivity index (χ0n) is 14.9. The zero-order valence-corrected chi connectivity index (χ0v) is 17.3. The van der Waals surface area contributed by atoms with Crippen LogP contribution in [-0.2, 0) is 11.2 Å². The molecule has 1 aromatic carbocycles. The highest BCUT2D eigenvalue weighted by atomic mass is 127. The summed E-state index contributed by atoms with van der Waals surface area (Å²) in [5.41, 5.74) is 1.99. The number of halogens is 1. The van der Waals surface area contributed by atoms with Crippen molar-refractivity contribution in [2.24, 2.45) is 4.99 Å². The van der Waals surface area contributed by atoms with Gasteiger partial charge in [-0.05, 0) is 37.5 Å². The Kier molecular flexibility index (Phi) is 11.0. The summed E-state index contributed by atoms with van der Waals surface area (Å²) in [5.74, 6) is 0.478. The van der Waals surface area contributed by atoms with Gasteiger partial charge in [0.25, 0.3) is 0 Å². The van der Waals surface area contributed by atoms with Crippen LogP contribution in [0.5, 0.6) is 0 Å². The summed E-state index contributed by atoms with van der Waals surface area (Å²) in [5, 5.41) is 9.17. The fraction of sp³-hybridized carbons (Fsp3) is 0.316. The Balaban J connectivity index is 0.00000338. The molecule has 1 heterocycles. The largest absolute Gasteiger partial charge is 0.357 e. The van der Waals surface area contributed by atoms with E-state index in [9.17, 15) is 4.79 Å². The second-order valence-corrected chi connectivity index (χ2v) is 5.50. The molecule has 3 N–H and O–H groups in total. The van der Waals surface area contributed by atoms with Crippen molar-refractivity contribution < 1.29 is 4.79 Å². The number of aromatic nitrogens is 1. The molecule has 7 heteroatoms. The number of aryl methyl sites for hydroxylation is 1. The molecule has 0 atom stereocenters. The van der Waals surface area contributed by atoms with E-state index < -0.39 is 0 Å². The first-order valence-corrected chi connectivity index (χ1v) is 8.54. The van der Waals surface area contributed by atoms with E-state index in [1.807, 2.05) is 13.0 Å². The van der Waals surface area contributed by atoms with Crippen LogP contribution < -0.4 is 16.0 Å². The monoisotopic (exact) mass is 467 g/mol. The molecular formula is C19H26IN5O. The summed E-state index contributed by atoms with van der Waals surface area (Å²) in [6.45, 7) is 3.60. The van der Waals surface area contributed by atoms with Gasteiger partial charge in [-0.15, -0.1) is 24.0 Å². The fourth-order valence-electron chi connectivity index (χ4n) is 2.27. The Labute approximate surface area is 171 Å². The van der Waals surface area contributed by atoms with Crippen molar-refractivity contribution in [1.29, 1.82) is 0 Å². The normalized spacial score (nSPS) is 10.6. The first-order chi connectivity index (χ1) is 12.3. The van der Waals surface area contributed by atoms with Gasteiger partial charge in [-0.25, -0.2) is 4.99 Å². The van der Waals surface area contributed by atoms with Crippen LogP contribution in [0, 0.1) is 0 Å². The number of guanidine groups is 1. The van der Waals surface area contributed by atoms with Crippen LogP contribution in [0.1, 0.15) is 18.9 Å². The molecule has 0 aliphatic rings. The summed E-state index contributed by atoms with van der Waals surface area (Å²) in [4.78, 5) is 20.2. The molecule has 26 heavy (non-hydrogen) atoms. The number of amides is 1. The van der Waals surface area contributed by atoms with Gasteiger partial charge in [-0.1, -0.05) is 30.3 Å². The minimum atomic E-state index is -0.172. The SMILES string of the molecule is CCNC(=NCC(=O)Nc1cccnc1)NCCCc1ccccc1.I. The minimum Gasteiger partial charge on any atom is -0.357 e. The molecule has 1 aromatic heterocycles. The third kappa shape index (κ3) is 8.80. The number of benzene rings is 1. The number of nitrogens with zero attached hydrogens (tertiary/aromatic N) is 2. The molecule has 1 amide bonds. The second kappa shape index (κ2) is 13.1. The van der Waals surface area contributed by atoms with Crippen LogP contribution >= 0.6 is 24.0 Å². The quantitative estimate of drug-likeness (QED) is 0.242. The van der Waals surface area contributed by atoms with Gasteiger partial charge in [-0.3, -0.25) is 9.78 Å². The van der Waals surface area contributed by atoms with E-state index in [4.69, 9.17) is 0 Å². The lowest BCUT2D eigenvalue weighted by Gasteiger charge is -2.11. The van der Waals surface area contributed by atoms with Gasteiger partial charge in [0.1, 0.15) is 6.54 Å². The topological polar surface area (TPSA) is 78.4 Å². The van der Waals surface area contributed by atoms with Crippen molar-refractivity contribution in [2.45, 2.75) is 19.8 Å². The van der Waals surface area contributed by atoms with Crippen LogP contribution in [0.3, 0.4) is 0 Å². The average molecular weight is 467 g/mol. The molecule has 0 fully saturated rings. The number of anilines is 1. The van der Waals surface area contributed by atoms with Gasteiger partial charge < -0.3 is 16.0 Å². The number of carbonyl (C=O) groups is 1. The standard InChI is InChI=1S/C19H25N5O.HI/c1-2-21-19(22-13-6-10-16-8-4-3-5-9-16)23-15-18(25)24-17-11-7-12-20-14-17;/h3-5,7-9,11-12,14H,2,6,10,13,15H2,1H3,(H,24,25)(H2,21,22,23);1H. The summed E-state index contributed by atoms with van der Waals surface area (Å²) in [6, 6.07) is 13.9. The molecule has 0 spiro atoms. The number of pyridine rings is 1. The maximum atomic E-state index is 11.9. The Morgan fingerprint density at radius 2 is 1.92 bits per heavy atom. The van der Waals surface area contributed by atoms with Crippen LogP contribution in [0.15, 0.2) is 59.9 Å². The van der Waals surface area contributed by atoms with Gasteiger partial charge in [-0.2, -0.15) is 0 Å². The number of carbonyl (C=O) groups excluding carboxylic acids is 1. The van der Waals surface area contributed by atoms with Crippen LogP contribution in [0.2, 0.25) is 0 Å². The molecule has 2 rings (SSSR count). The van der Waals surface area contributed by atoms with E-state index in [0.29, 0.717) is 11.6 Å². The van der Waals surface area contributed by atoms with Crippen molar-refractivity contribution >= 4 is 41.5 Å². The van der Waals surface area contributed by atoms with Gasteiger partial charge >= 0.3 is 0 Å². The van der Waals surface area contributed by atoms with Crippen molar-refractivity contribution in [3.8, 4) is 0 Å². The van der Waals surface area contributed by atoms with Crippen molar-refractivity contribution in [1.82, 2.24) is 15.6 Å². The lowest BCUT2D eigenvalue weighted by Crippen LogP contribution is -2.38. The Morgan fingerprint density at radius 3 is 2.62 bits per heavy atom. The predicted molar refractivity (Wildman–Crippen MR) is 117 cm³/mol. The lowest BCUT2D eigenvalue weighted by atomic mass is 10.1. The first-order valence-electron chi connectivity index (χ1n) is 8.54. The molecule has 0 aliphatic carbocycles. The molecule has 0 unspecified atom stereocenters. The maximum Gasteiger partial charge on any atom is 0.246 e. The molecule has 140 valence electrons. The second-order valence-electron chi connectivity index (χ2n) is 5.50. The average Bonchev–Trinajstić information content (AvgIpc) is 2.65. The third-order valence-electron chi connectivity index (χ3n) is 3.45. The summed E-state index contributed by atoms with van der Waals surface area (Å²) < 4.78 is 0. The van der Waals surface area contributed by atoms with Crippen molar-refractivity contribution in [2.75, 3.05) is 25.0 Å². The molecule has 0 saturated carbocycles. The van der Waals surface area contributed by atoms with Gasteiger partial charge in [0.05, 0.1) is 11.9 Å². The fourth-order valence-corrected chi connectivity index (χ4v) is 2.27. The molecule has 0 aliphatic heterocycles. The van der Waals surface area contributed by atoms with Crippen molar-refractivity contribution in [3.05, 3.63) is 60.4 Å². The van der Waals surface area contributed by atoms with Gasteiger partial charge in [0.2, 0.25) is 5.91 Å². The molecule has 0 bridgehead atoms. The van der Waals surface area contributed by atoms with Crippen LogP contribution in [0.25, 0.3) is 0 Å². The van der Waals surface area contributed by atoms with E-state index >= 15 is 0 Å². The minimum absolute atomic E-state index is 0. The molecule has 2 aromatic rings. The van der Waals surface area contributed by atoms with E-state index in [0.717, 1.165) is 25.9 Å². The Bertz CT molecular complexity index is 664. The number of rotatable bonds is 8. The van der Waals surface area contributed by atoms with Gasteiger partial charge in [0, 0.05) is 19.3 Å². The third-order valence-corrected chi connectivity index (χ3v) is 3.45. The zero-order chi connectivity index (χ0) is 17.7. The van der Waals surface area contributed by atoms with E-state index in [1.165, 1.54) is 5.56 Å². The van der Waals surface area contributed by atoms with E-state index in [2.05, 4.69) is 50.2 Å². The van der Waals surface area contributed by atoms with Crippen LogP contribution in [0.4, 0.5) is 5.69 Å². The van der Waals surface area contributed by atoms with Gasteiger partial charge in [0.15, 0.2) is 5.96 Å². The smallest absolute Gasteiger partial charge is 0.246 e. The number of hydrogen-bond acceptors (Lipinski definition) is 3. The molecule has 0 radical (unpaired) electrons.